The van der Waals surface area contributed by atoms with Crippen molar-refractivity contribution in [1.82, 2.24) is 10.2 Å². The smallest absolute Gasteiger partial charge is 0.227 e. The van der Waals surface area contributed by atoms with Crippen molar-refractivity contribution in [1.29, 1.82) is 0 Å². The largest absolute Gasteiger partial charge is 0.359 e. The Morgan fingerprint density at radius 3 is 2.53 bits per heavy atom. The molecule has 4 nitrogen and oxygen atoms in total. The van der Waals surface area contributed by atoms with Gasteiger partial charge in [0.05, 0.1) is 5.41 Å². The fraction of sp³-hybridized carbons (Fsp3) is 0.818. The van der Waals surface area contributed by atoms with Crippen molar-refractivity contribution < 1.29 is 9.59 Å². The van der Waals surface area contributed by atoms with E-state index in [1.165, 1.54) is 0 Å². The van der Waals surface area contributed by atoms with Gasteiger partial charge in [0.1, 0.15) is 0 Å². The van der Waals surface area contributed by atoms with E-state index in [1.54, 1.807) is 18.9 Å². The third-order valence-corrected chi connectivity index (χ3v) is 3.63. The molecule has 1 N–H and O–H groups in total. The number of piperidine rings is 1. The molecule has 0 aromatic heterocycles. The molecule has 1 saturated heterocycles. The number of amides is 2. The van der Waals surface area contributed by atoms with Gasteiger partial charge in [-0.2, -0.15) is 0 Å². The molecule has 1 aliphatic heterocycles. The van der Waals surface area contributed by atoms with E-state index in [2.05, 4.69) is 5.32 Å². The molecule has 1 heterocycles. The Bertz CT molecular complexity index is 278. The van der Waals surface area contributed by atoms with Crippen molar-refractivity contribution in [2.24, 2.45) is 5.41 Å². The van der Waals surface area contributed by atoms with Gasteiger partial charge in [0.15, 0.2) is 0 Å². The number of nitrogens with one attached hydrogen (secondary N) is 1. The predicted molar refractivity (Wildman–Crippen MR) is 58.3 cm³/mol. The number of rotatable bonds is 1. The lowest BCUT2D eigenvalue weighted by Gasteiger charge is -2.45. The summed E-state index contributed by atoms with van der Waals surface area (Å²) in [5.74, 6) is 0.0817. The van der Waals surface area contributed by atoms with Crippen LogP contribution in [-0.2, 0) is 9.59 Å². The highest BCUT2D eigenvalue weighted by Gasteiger charge is 2.44. The maximum Gasteiger partial charge on any atom is 0.227 e. The van der Waals surface area contributed by atoms with E-state index in [0.717, 1.165) is 19.4 Å². The summed E-state index contributed by atoms with van der Waals surface area (Å²) in [5.41, 5.74) is -0.446. The lowest BCUT2D eigenvalue weighted by atomic mass is 9.74. The first-order valence-corrected chi connectivity index (χ1v) is 5.43. The van der Waals surface area contributed by atoms with E-state index >= 15 is 0 Å². The second-order valence-electron chi connectivity index (χ2n) is 4.49. The molecule has 0 spiro atoms. The number of likely N-dealkylation sites (tertiary alicyclic amines) is 1. The standard InChI is InChI=1S/C11H20N2O2/c1-8-11(3,10(15)12-4)6-5-7-13(8)9(2)14/h8H,5-7H2,1-4H3,(H,12,15)/t8-,11-/m0/s1. The molecule has 2 amide bonds. The van der Waals surface area contributed by atoms with Crippen molar-refractivity contribution in [3.63, 3.8) is 0 Å². The summed E-state index contributed by atoms with van der Waals surface area (Å²) < 4.78 is 0. The van der Waals surface area contributed by atoms with Crippen LogP contribution in [0.3, 0.4) is 0 Å². The maximum absolute atomic E-state index is 11.8. The van der Waals surface area contributed by atoms with E-state index in [0.29, 0.717) is 0 Å². The van der Waals surface area contributed by atoms with Crippen LogP contribution >= 0.6 is 0 Å². The van der Waals surface area contributed by atoms with Gasteiger partial charge < -0.3 is 10.2 Å². The van der Waals surface area contributed by atoms with E-state index < -0.39 is 5.41 Å². The van der Waals surface area contributed by atoms with Crippen LogP contribution in [0.25, 0.3) is 0 Å². The summed E-state index contributed by atoms with van der Waals surface area (Å²) in [6.45, 7) is 6.22. The second kappa shape index (κ2) is 4.21. The number of hydrogen-bond donors (Lipinski definition) is 1. The summed E-state index contributed by atoms with van der Waals surface area (Å²) in [6, 6.07) is -0.0244. The van der Waals surface area contributed by atoms with Crippen molar-refractivity contribution >= 4 is 11.8 Å². The highest BCUT2D eigenvalue weighted by atomic mass is 16.2. The lowest BCUT2D eigenvalue weighted by Crippen LogP contribution is -2.56. The zero-order valence-corrected chi connectivity index (χ0v) is 9.96. The SMILES string of the molecule is CNC(=O)[C@@]1(C)CCCN(C(C)=O)[C@H]1C. The van der Waals surface area contributed by atoms with Crippen LogP contribution in [0.15, 0.2) is 0 Å². The van der Waals surface area contributed by atoms with Gasteiger partial charge in [-0.1, -0.05) is 0 Å². The van der Waals surface area contributed by atoms with Gasteiger partial charge in [0.2, 0.25) is 11.8 Å². The first-order valence-electron chi connectivity index (χ1n) is 5.43. The summed E-state index contributed by atoms with van der Waals surface area (Å²) in [5, 5.41) is 2.69. The Labute approximate surface area is 91.0 Å². The number of carbonyl (C=O) groups is 2. The minimum atomic E-state index is -0.446. The summed E-state index contributed by atoms with van der Waals surface area (Å²) in [7, 11) is 1.65. The van der Waals surface area contributed by atoms with Gasteiger partial charge in [-0.05, 0) is 26.7 Å². The molecule has 0 aromatic carbocycles. The number of nitrogens with zero attached hydrogens (tertiary/aromatic N) is 1. The Balaban J connectivity index is 2.91. The first kappa shape index (κ1) is 12.0. The van der Waals surface area contributed by atoms with Crippen LogP contribution in [0.1, 0.15) is 33.6 Å². The van der Waals surface area contributed by atoms with E-state index in [1.807, 2.05) is 13.8 Å². The van der Waals surface area contributed by atoms with Gasteiger partial charge >= 0.3 is 0 Å². The molecule has 0 unspecified atom stereocenters. The van der Waals surface area contributed by atoms with Crippen molar-refractivity contribution in [3.8, 4) is 0 Å². The van der Waals surface area contributed by atoms with Crippen molar-refractivity contribution in [3.05, 3.63) is 0 Å². The van der Waals surface area contributed by atoms with Crippen LogP contribution < -0.4 is 5.32 Å². The zero-order chi connectivity index (χ0) is 11.6. The summed E-state index contributed by atoms with van der Waals surface area (Å²) >= 11 is 0. The second-order valence-corrected chi connectivity index (χ2v) is 4.49. The van der Waals surface area contributed by atoms with Gasteiger partial charge in [0.25, 0.3) is 0 Å². The number of hydrogen-bond acceptors (Lipinski definition) is 2. The highest BCUT2D eigenvalue weighted by molar-refractivity contribution is 5.84. The topological polar surface area (TPSA) is 49.4 Å². The quantitative estimate of drug-likeness (QED) is 0.698. The average Bonchev–Trinajstić information content (AvgIpc) is 2.20. The third-order valence-electron chi connectivity index (χ3n) is 3.63. The van der Waals surface area contributed by atoms with E-state index in [4.69, 9.17) is 0 Å². The number of carbonyl (C=O) groups excluding carboxylic acids is 2. The van der Waals surface area contributed by atoms with Crippen LogP contribution in [0.2, 0.25) is 0 Å². The van der Waals surface area contributed by atoms with Gasteiger partial charge in [-0.15, -0.1) is 0 Å². The molecule has 15 heavy (non-hydrogen) atoms. The molecule has 1 aliphatic rings. The molecular formula is C11H20N2O2. The van der Waals surface area contributed by atoms with Gasteiger partial charge in [0, 0.05) is 26.6 Å². The minimum absolute atomic E-state index is 0.0244. The van der Waals surface area contributed by atoms with E-state index in [9.17, 15) is 9.59 Å². The molecule has 4 heteroatoms. The zero-order valence-electron chi connectivity index (χ0n) is 9.96. The fourth-order valence-corrected chi connectivity index (χ4v) is 2.38. The Kier molecular flexibility index (Phi) is 3.37. The van der Waals surface area contributed by atoms with Crippen LogP contribution in [-0.4, -0.2) is 36.3 Å². The molecule has 0 saturated carbocycles. The summed E-state index contributed by atoms with van der Waals surface area (Å²) in [4.78, 5) is 25.0. The molecule has 0 aliphatic carbocycles. The third kappa shape index (κ3) is 1.98. The van der Waals surface area contributed by atoms with Crippen molar-refractivity contribution in [2.45, 2.75) is 39.7 Å². The fourth-order valence-electron chi connectivity index (χ4n) is 2.38. The Morgan fingerprint density at radius 2 is 2.07 bits per heavy atom. The van der Waals surface area contributed by atoms with Crippen LogP contribution in [0.4, 0.5) is 0 Å². The monoisotopic (exact) mass is 212 g/mol. The molecule has 1 rings (SSSR count). The molecule has 86 valence electrons. The first-order chi connectivity index (χ1) is 6.93. The summed E-state index contributed by atoms with van der Waals surface area (Å²) in [6.07, 6.45) is 1.74. The van der Waals surface area contributed by atoms with Crippen LogP contribution in [0, 0.1) is 5.41 Å². The minimum Gasteiger partial charge on any atom is -0.359 e. The van der Waals surface area contributed by atoms with Gasteiger partial charge in [-0.25, -0.2) is 0 Å². The molecule has 0 aromatic rings. The normalized spacial score (nSPS) is 31.2. The van der Waals surface area contributed by atoms with Crippen LogP contribution in [0.5, 0.6) is 0 Å². The van der Waals surface area contributed by atoms with Gasteiger partial charge in [-0.3, -0.25) is 9.59 Å². The highest BCUT2D eigenvalue weighted by Crippen LogP contribution is 2.35. The molecule has 0 bridgehead atoms. The molecule has 1 fully saturated rings. The average molecular weight is 212 g/mol. The Hall–Kier alpha value is -1.06. The molecule has 2 atom stereocenters. The molecule has 0 radical (unpaired) electrons. The maximum atomic E-state index is 11.8. The van der Waals surface area contributed by atoms with E-state index in [-0.39, 0.29) is 17.9 Å². The van der Waals surface area contributed by atoms with Crippen molar-refractivity contribution in [2.75, 3.05) is 13.6 Å². The lowest BCUT2D eigenvalue weighted by molar-refractivity contribution is -0.144. The Morgan fingerprint density at radius 1 is 1.47 bits per heavy atom. The molecular weight excluding hydrogens is 192 g/mol. The predicted octanol–water partition coefficient (Wildman–Crippen LogP) is 0.770.